The van der Waals surface area contributed by atoms with Gasteiger partial charge in [0, 0.05) is 11.9 Å². The molecule has 27 heavy (non-hydrogen) atoms. The predicted octanol–water partition coefficient (Wildman–Crippen LogP) is 3.85. The van der Waals surface area contributed by atoms with Gasteiger partial charge in [-0.25, -0.2) is 0 Å². The summed E-state index contributed by atoms with van der Waals surface area (Å²) in [7, 11) is 1.42. The molecule has 1 aromatic heterocycles. The Morgan fingerprint density at radius 2 is 1.63 bits per heavy atom. The van der Waals surface area contributed by atoms with Crippen LogP contribution in [0.25, 0.3) is 0 Å². The first kappa shape index (κ1) is 18.3. The van der Waals surface area contributed by atoms with E-state index in [9.17, 15) is 9.59 Å². The van der Waals surface area contributed by atoms with Crippen molar-refractivity contribution in [3.8, 4) is 17.2 Å². The van der Waals surface area contributed by atoms with Gasteiger partial charge in [0.2, 0.25) is 5.91 Å². The van der Waals surface area contributed by atoms with E-state index in [-0.39, 0.29) is 17.2 Å². The topological polar surface area (TPSA) is 69.6 Å². The molecule has 6 heteroatoms. The zero-order valence-corrected chi connectivity index (χ0v) is 15.1. The van der Waals surface area contributed by atoms with Gasteiger partial charge in [-0.3, -0.25) is 9.59 Å². The summed E-state index contributed by atoms with van der Waals surface area (Å²) < 4.78 is 12.1. The van der Waals surface area contributed by atoms with Crippen molar-refractivity contribution in [3.63, 3.8) is 0 Å². The Hall–Kier alpha value is -3.54. The molecular weight excluding hydrogens is 344 g/mol. The minimum Gasteiger partial charge on any atom is -0.491 e. The van der Waals surface area contributed by atoms with Crippen LogP contribution in [0.15, 0.2) is 77.7 Å². The lowest BCUT2D eigenvalue weighted by atomic mass is 10.2. The Bertz CT molecular complexity index is 965. The van der Waals surface area contributed by atoms with Gasteiger partial charge in [0.25, 0.3) is 5.56 Å². The Labute approximate surface area is 157 Å². The number of carbonyl (C=O) groups excluding carboxylic acids is 1. The number of rotatable bonds is 6. The van der Waals surface area contributed by atoms with Gasteiger partial charge in [-0.1, -0.05) is 18.2 Å². The molecule has 0 aliphatic rings. The van der Waals surface area contributed by atoms with E-state index in [1.165, 1.54) is 11.7 Å². The van der Waals surface area contributed by atoms with Gasteiger partial charge in [0.1, 0.15) is 17.5 Å². The van der Waals surface area contributed by atoms with Crippen LogP contribution in [-0.4, -0.2) is 17.6 Å². The van der Waals surface area contributed by atoms with E-state index in [2.05, 4.69) is 5.32 Å². The molecule has 0 spiro atoms. The highest BCUT2D eigenvalue weighted by Crippen LogP contribution is 2.23. The Balaban J connectivity index is 1.68. The van der Waals surface area contributed by atoms with Crippen LogP contribution in [0.5, 0.6) is 17.2 Å². The largest absolute Gasteiger partial charge is 0.491 e. The number of amides is 1. The molecule has 1 N–H and O–H groups in total. The average Bonchev–Trinajstić information content (AvgIpc) is 2.70. The van der Waals surface area contributed by atoms with Crippen molar-refractivity contribution in [1.29, 1.82) is 0 Å². The normalized spacial score (nSPS) is 11.5. The van der Waals surface area contributed by atoms with Gasteiger partial charge < -0.3 is 19.4 Å². The number of nitrogens with zero attached hydrogens (tertiary/aromatic N) is 1. The van der Waals surface area contributed by atoms with Crippen LogP contribution in [0.4, 0.5) is 5.69 Å². The molecular formula is C21H20N2O4. The summed E-state index contributed by atoms with van der Waals surface area (Å²) in [4.78, 5) is 24.8. The Kier molecular flexibility index (Phi) is 5.56. The molecule has 0 saturated heterocycles. The monoisotopic (exact) mass is 364 g/mol. The van der Waals surface area contributed by atoms with Crippen molar-refractivity contribution in [2.45, 2.75) is 13.0 Å². The van der Waals surface area contributed by atoms with E-state index in [0.29, 0.717) is 11.4 Å². The van der Waals surface area contributed by atoms with Crippen molar-refractivity contribution in [1.82, 2.24) is 4.57 Å². The molecule has 3 rings (SSSR count). The molecule has 0 radical (unpaired) electrons. The van der Waals surface area contributed by atoms with E-state index >= 15 is 0 Å². The smallest absolute Gasteiger partial charge is 0.293 e. The van der Waals surface area contributed by atoms with Crippen molar-refractivity contribution in [2.24, 2.45) is 0 Å². The third-order valence-electron chi connectivity index (χ3n) is 4.06. The van der Waals surface area contributed by atoms with Crippen molar-refractivity contribution in [2.75, 3.05) is 12.4 Å². The molecule has 1 unspecified atom stereocenters. The summed E-state index contributed by atoms with van der Waals surface area (Å²) in [6.45, 7) is 1.66. The van der Waals surface area contributed by atoms with Crippen LogP contribution < -0.4 is 20.3 Å². The maximum Gasteiger partial charge on any atom is 0.293 e. The van der Waals surface area contributed by atoms with Crippen molar-refractivity contribution >= 4 is 11.6 Å². The second kappa shape index (κ2) is 8.23. The summed E-state index contributed by atoms with van der Waals surface area (Å²) in [6.07, 6.45) is 1.56. The number of hydrogen-bond acceptors (Lipinski definition) is 4. The third-order valence-corrected chi connectivity index (χ3v) is 4.06. The Morgan fingerprint density at radius 1 is 0.963 bits per heavy atom. The van der Waals surface area contributed by atoms with Crippen LogP contribution in [-0.2, 0) is 4.79 Å². The molecule has 0 aliphatic carbocycles. The highest BCUT2D eigenvalue weighted by Gasteiger charge is 2.17. The summed E-state index contributed by atoms with van der Waals surface area (Å²) >= 11 is 0. The van der Waals surface area contributed by atoms with Crippen LogP contribution in [0.1, 0.15) is 13.0 Å². The van der Waals surface area contributed by atoms with Crippen LogP contribution in [0.2, 0.25) is 0 Å². The quantitative estimate of drug-likeness (QED) is 0.721. The maximum absolute atomic E-state index is 12.5. The molecule has 6 nitrogen and oxygen atoms in total. The number of para-hydroxylation sites is 1. The number of aromatic nitrogens is 1. The number of methoxy groups -OCH3 is 1. The minimum absolute atomic E-state index is 0.194. The van der Waals surface area contributed by atoms with E-state index in [0.717, 1.165) is 5.75 Å². The summed E-state index contributed by atoms with van der Waals surface area (Å²) in [5.74, 6) is 1.29. The number of carbonyl (C=O) groups is 1. The zero-order chi connectivity index (χ0) is 19.2. The van der Waals surface area contributed by atoms with E-state index in [1.54, 1.807) is 49.5 Å². The highest BCUT2D eigenvalue weighted by atomic mass is 16.5. The molecule has 138 valence electrons. The van der Waals surface area contributed by atoms with E-state index < -0.39 is 6.04 Å². The Morgan fingerprint density at radius 3 is 2.30 bits per heavy atom. The number of nitrogens with one attached hydrogen (secondary N) is 1. The van der Waals surface area contributed by atoms with Crippen molar-refractivity contribution in [3.05, 3.63) is 83.3 Å². The van der Waals surface area contributed by atoms with E-state index in [4.69, 9.17) is 9.47 Å². The molecule has 0 fully saturated rings. The lowest BCUT2D eigenvalue weighted by Crippen LogP contribution is -2.31. The lowest BCUT2D eigenvalue weighted by Gasteiger charge is -2.16. The SMILES string of the molecule is COc1cccn(C(C)C(=O)Nc2ccc(Oc3ccccc3)cc2)c1=O. The van der Waals surface area contributed by atoms with Gasteiger partial charge >= 0.3 is 0 Å². The second-order valence-electron chi connectivity index (χ2n) is 5.89. The molecule has 1 heterocycles. The van der Waals surface area contributed by atoms with Gasteiger partial charge in [-0.15, -0.1) is 0 Å². The zero-order valence-electron chi connectivity index (χ0n) is 15.1. The highest BCUT2D eigenvalue weighted by molar-refractivity contribution is 5.93. The number of pyridine rings is 1. The number of benzene rings is 2. The summed E-state index contributed by atoms with van der Waals surface area (Å²) in [6, 6.07) is 19.0. The van der Waals surface area contributed by atoms with E-state index in [1.807, 2.05) is 30.3 Å². The fourth-order valence-corrected chi connectivity index (χ4v) is 2.55. The molecule has 2 aromatic carbocycles. The number of ether oxygens (including phenoxy) is 2. The standard InChI is InChI=1S/C21H20N2O4/c1-15(23-14-6-9-19(26-2)21(23)25)20(24)22-16-10-12-18(13-11-16)27-17-7-4-3-5-8-17/h3-15H,1-2H3,(H,22,24). The van der Waals surface area contributed by atoms with Gasteiger partial charge in [0.05, 0.1) is 7.11 Å². The first-order valence-corrected chi connectivity index (χ1v) is 8.47. The molecule has 0 bridgehead atoms. The number of hydrogen-bond donors (Lipinski definition) is 1. The van der Waals surface area contributed by atoms with Crippen LogP contribution >= 0.6 is 0 Å². The van der Waals surface area contributed by atoms with Gasteiger partial charge in [-0.05, 0) is 55.5 Å². The molecule has 1 amide bonds. The number of anilines is 1. The molecule has 0 aliphatic heterocycles. The van der Waals surface area contributed by atoms with Gasteiger partial charge in [-0.2, -0.15) is 0 Å². The third kappa shape index (κ3) is 4.36. The first-order chi connectivity index (χ1) is 13.1. The molecule has 1 atom stereocenters. The predicted molar refractivity (Wildman–Crippen MR) is 104 cm³/mol. The first-order valence-electron chi connectivity index (χ1n) is 8.47. The van der Waals surface area contributed by atoms with Crippen LogP contribution in [0, 0.1) is 0 Å². The summed E-state index contributed by atoms with van der Waals surface area (Å²) in [5, 5.41) is 2.80. The fourth-order valence-electron chi connectivity index (χ4n) is 2.55. The van der Waals surface area contributed by atoms with Gasteiger partial charge in [0.15, 0.2) is 5.75 Å². The average molecular weight is 364 g/mol. The fraction of sp³-hybridized carbons (Fsp3) is 0.143. The lowest BCUT2D eigenvalue weighted by molar-refractivity contribution is -0.118. The maximum atomic E-state index is 12.5. The van der Waals surface area contributed by atoms with Crippen LogP contribution in [0.3, 0.4) is 0 Å². The minimum atomic E-state index is -0.687. The van der Waals surface area contributed by atoms with Crippen molar-refractivity contribution < 1.29 is 14.3 Å². The molecule has 3 aromatic rings. The summed E-state index contributed by atoms with van der Waals surface area (Å²) in [5.41, 5.74) is 0.262. The second-order valence-corrected chi connectivity index (χ2v) is 5.89. The molecule has 0 saturated carbocycles.